The number of anilines is 1. The number of rotatable bonds is 2. The molecule has 108 valence electrons. The molecule has 1 amide bonds. The first-order chi connectivity index (χ1) is 9.58. The van der Waals surface area contributed by atoms with Crippen LogP contribution in [0.5, 0.6) is 0 Å². The zero-order valence-corrected chi connectivity index (χ0v) is 12.5. The summed E-state index contributed by atoms with van der Waals surface area (Å²) in [6.07, 6.45) is 4.35. The minimum Gasteiger partial charge on any atom is -0.326 e. The second-order valence-corrected chi connectivity index (χ2v) is 6.79. The Hall–Kier alpha value is -1.35. The lowest BCUT2D eigenvalue weighted by Crippen LogP contribution is -2.32. The molecule has 1 saturated carbocycles. The third-order valence-electron chi connectivity index (χ3n) is 4.97. The van der Waals surface area contributed by atoms with Gasteiger partial charge in [0.05, 0.1) is 0 Å². The standard InChI is InChI=1S/C17H24N2O/c1-17(2)9-4-6-14(17)16(20)19-15-7-3-5-12-11-18-10-8-13(12)15/h3,5,7,14,18H,4,6,8-11H2,1-2H3,(H,19,20). The zero-order valence-electron chi connectivity index (χ0n) is 12.5. The van der Waals surface area contributed by atoms with Gasteiger partial charge in [0.2, 0.25) is 5.91 Å². The van der Waals surface area contributed by atoms with E-state index in [-0.39, 0.29) is 17.2 Å². The van der Waals surface area contributed by atoms with Gasteiger partial charge in [0.25, 0.3) is 0 Å². The molecular weight excluding hydrogens is 248 g/mol. The largest absolute Gasteiger partial charge is 0.326 e. The lowest BCUT2D eigenvalue weighted by Gasteiger charge is -2.27. The summed E-state index contributed by atoms with van der Waals surface area (Å²) < 4.78 is 0. The van der Waals surface area contributed by atoms with Gasteiger partial charge in [0.15, 0.2) is 0 Å². The topological polar surface area (TPSA) is 41.1 Å². The number of hydrogen-bond donors (Lipinski definition) is 2. The van der Waals surface area contributed by atoms with Crippen LogP contribution in [0.1, 0.15) is 44.2 Å². The Kier molecular flexibility index (Phi) is 3.55. The van der Waals surface area contributed by atoms with Crippen molar-refractivity contribution in [3.63, 3.8) is 0 Å². The van der Waals surface area contributed by atoms with E-state index in [1.165, 1.54) is 17.5 Å². The highest BCUT2D eigenvalue weighted by Crippen LogP contribution is 2.43. The number of fused-ring (bicyclic) bond motifs is 1. The Balaban J connectivity index is 1.80. The molecule has 3 heteroatoms. The van der Waals surface area contributed by atoms with Crippen LogP contribution in [0.3, 0.4) is 0 Å². The second-order valence-electron chi connectivity index (χ2n) is 6.79. The van der Waals surface area contributed by atoms with E-state index < -0.39 is 0 Å². The fourth-order valence-corrected chi connectivity index (χ4v) is 3.68. The van der Waals surface area contributed by atoms with Crippen molar-refractivity contribution in [1.29, 1.82) is 0 Å². The maximum absolute atomic E-state index is 12.6. The summed E-state index contributed by atoms with van der Waals surface area (Å²) in [7, 11) is 0. The van der Waals surface area contributed by atoms with Crippen LogP contribution >= 0.6 is 0 Å². The number of carbonyl (C=O) groups is 1. The first-order valence-corrected chi connectivity index (χ1v) is 7.70. The van der Waals surface area contributed by atoms with Crippen molar-refractivity contribution in [2.24, 2.45) is 11.3 Å². The van der Waals surface area contributed by atoms with E-state index in [1.807, 2.05) is 12.1 Å². The zero-order chi connectivity index (χ0) is 14.2. The summed E-state index contributed by atoms with van der Waals surface area (Å²) >= 11 is 0. The van der Waals surface area contributed by atoms with E-state index in [4.69, 9.17) is 0 Å². The molecule has 2 N–H and O–H groups in total. The average Bonchev–Trinajstić information content (AvgIpc) is 2.79. The van der Waals surface area contributed by atoms with Crippen LogP contribution in [0, 0.1) is 11.3 Å². The Morgan fingerprint density at radius 1 is 1.40 bits per heavy atom. The van der Waals surface area contributed by atoms with Gasteiger partial charge < -0.3 is 10.6 Å². The molecule has 0 saturated heterocycles. The minimum atomic E-state index is 0.139. The van der Waals surface area contributed by atoms with E-state index in [1.54, 1.807) is 0 Å². The Morgan fingerprint density at radius 2 is 2.25 bits per heavy atom. The predicted octanol–water partition coefficient (Wildman–Crippen LogP) is 3.10. The van der Waals surface area contributed by atoms with E-state index >= 15 is 0 Å². The van der Waals surface area contributed by atoms with E-state index in [2.05, 4.69) is 30.5 Å². The molecule has 1 heterocycles. The molecule has 0 radical (unpaired) electrons. The van der Waals surface area contributed by atoms with Crippen LogP contribution in [-0.2, 0) is 17.8 Å². The quantitative estimate of drug-likeness (QED) is 0.868. The van der Waals surface area contributed by atoms with E-state index in [0.29, 0.717) is 0 Å². The third-order valence-corrected chi connectivity index (χ3v) is 4.97. The predicted molar refractivity (Wildman–Crippen MR) is 81.6 cm³/mol. The van der Waals surface area contributed by atoms with Gasteiger partial charge in [-0.05, 0) is 48.4 Å². The van der Waals surface area contributed by atoms with Gasteiger partial charge in [0.1, 0.15) is 0 Å². The van der Waals surface area contributed by atoms with E-state index in [9.17, 15) is 4.79 Å². The number of hydrogen-bond acceptors (Lipinski definition) is 2. The molecule has 3 nitrogen and oxygen atoms in total. The second kappa shape index (κ2) is 5.21. The summed E-state index contributed by atoms with van der Waals surface area (Å²) in [5.74, 6) is 0.361. The summed E-state index contributed by atoms with van der Waals surface area (Å²) in [4.78, 5) is 12.6. The number of amides is 1. The minimum absolute atomic E-state index is 0.139. The van der Waals surface area contributed by atoms with Crippen LogP contribution < -0.4 is 10.6 Å². The fourth-order valence-electron chi connectivity index (χ4n) is 3.68. The van der Waals surface area contributed by atoms with Gasteiger partial charge in [0, 0.05) is 18.2 Å². The summed E-state index contributed by atoms with van der Waals surface area (Å²) in [6, 6.07) is 6.24. The van der Waals surface area contributed by atoms with Gasteiger partial charge in [-0.1, -0.05) is 32.4 Å². The van der Waals surface area contributed by atoms with Crippen LogP contribution in [0.4, 0.5) is 5.69 Å². The molecule has 1 aromatic rings. The van der Waals surface area contributed by atoms with E-state index in [0.717, 1.165) is 38.0 Å². The van der Waals surface area contributed by atoms with Crippen LogP contribution in [0.15, 0.2) is 18.2 Å². The molecule has 1 aromatic carbocycles. The normalized spacial score (nSPS) is 24.2. The molecule has 1 aliphatic heterocycles. The molecule has 2 aliphatic rings. The molecular formula is C17H24N2O. The molecule has 0 aromatic heterocycles. The average molecular weight is 272 g/mol. The SMILES string of the molecule is CC1(C)CCCC1C(=O)Nc1cccc2c1CCNC2. The lowest BCUT2D eigenvalue weighted by molar-refractivity contribution is -0.122. The highest BCUT2D eigenvalue weighted by Gasteiger charge is 2.39. The van der Waals surface area contributed by atoms with Gasteiger partial charge in [-0.3, -0.25) is 4.79 Å². The molecule has 1 aliphatic carbocycles. The molecule has 20 heavy (non-hydrogen) atoms. The van der Waals surface area contributed by atoms with Crippen LogP contribution in [0.2, 0.25) is 0 Å². The summed E-state index contributed by atoms with van der Waals surface area (Å²) in [6.45, 7) is 6.34. The van der Waals surface area contributed by atoms with Crippen molar-refractivity contribution >= 4 is 11.6 Å². The molecule has 1 fully saturated rings. The maximum Gasteiger partial charge on any atom is 0.228 e. The van der Waals surface area contributed by atoms with Crippen molar-refractivity contribution in [2.45, 2.75) is 46.1 Å². The van der Waals surface area contributed by atoms with Crippen molar-refractivity contribution in [3.8, 4) is 0 Å². The Labute approximate surface area is 121 Å². The summed E-state index contributed by atoms with van der Waals surface area (Å²) in [5, 5.41) is 6.58. The first-order valence-electron chi connectivity index (χ1n) is 7.70. The van der Waals surface area contributed by atoms with Crippen molar-refractivity contribution in [2.75, 3.05) is 11.9 Å². The molecule has 0 spiro atoms. The van der Waals surface area contributed by atoms with Gasteiger partial charge in [-0.25, -0.2) is 0 Å². The van der Waals surface area contributed by atoms with Crippen molar-refractivity contribution in [1.82, 2.24) is 5.32 Å². The lowest BCUT2D eigenvalue weighted by atomic mass is 9.81. The van der Waals surface area contributed by atoms with Crippen LogP contribution in [0.25, 0.3) is 0 Å². The Bertz CT molecular complexity index is 522. The molecule has 1 atom stereocenters. The smallest absolute Gasteiger partial charge is 0.228 e. The molecule has 0 bridgehead atoms. The number of benzene rings is 1. The monoisotopic (exact) mass is 272 g/mol. The van der Waals surface area contributed by atoms with Gasteiger partial charge >= 0.3 is 0 Å². The highest BCUT2D eigenvalue weighted by molar-refractivity contribution is 5.94. The fraction of sp³-hybridized carbons (Fsp3) is 0.588. The number of nitrogens with one attached hydrogen (secondary N) is 2. The van der Waals surface area contributed by atoms with Crippen molar-refractivity contribution < 1.29 is 4.79 Å². The highest BCUT2D eigenvalue weighted by atomic mass is 16.1. The molecule has 3 rings (SSSR count). The number of carbonyl (C=O) groups excluding carboxylic acids is 1. The maximum atomic E-state index is 12.6. The van der Waals surface area contributed by atoms with Gasteiger partial charge in [-0.15, -0.1) is 0 Å². The van der Waals surface area contributed by atoms with Gasteiger partial charge in [-0.2, -0.15) is 0 Å². The van der Waals surface area contributed by atoms with Crippen LogP contribution in [-0.4, -0.2) is 12.5 Å². The third kappa shape index (κ3) is 2.47. The molecule has 1 unspecified atom stereocenters. The first kappa shape index (κ1) is 13.6. The Morgan fingerprint density at radius 3 is 3.00 bits per heavy atom. The van der Waals surface area contributed by atoms with Crippen molar-refractivity contribution in [3.05, 3.63) is 29.3 Å². The summed E-state index contributed by atoms with van der Waals surface area (Å²) in [5.41, 5.74) is 3.80.